The van der Waals surface area contributed by atoms with Crippen molar-refractivity contribution in [2.75, 3.05) is 14.1 Å². The maximum absolute atomic E-state index is 12.4. The van der Waals surface area contributed by atoms with E-state index in [1.54, 1.807) is 0 Å². The summed E-state index contributed by atoms with van der Waals surface area (Å²) < 4.78 is 0. The molecule has 156 valence electrons. The van der Waals surface area contributed by atoms with Gasteiger partial charge in [-0.1, -0.05) is 94.8 Å². The molecule has 1 fully saturated rings. The van der Waals surface area contributed by atoms with E-state index in [-0.39, 0.29) is 11.5 Å². The molecule has 2 heteroatoms. The number of nitrogens with zero attached hydrogens (tertiary/aromatic N) is 1. The molecule has 3 rings (SSSR count). The Morgan fingerprint density at radius 2 is 1.59 bits per heavy atom. The summed E-state index contributed by atoms with van der Waals surface area (Å²) in [5.74, 6) is 0.326. The van der Waals surface area contributed by atoms with E-state index < -0.39 is 5.60 Å². The lowest BCUT2D eigenvalue weighted by atomic mass is 9.74. The number of benzene rings is 2. The first-order valence-corrected chi connectivity index (χ1v) is 10.9. The standard InChI is InChI=1S/C27H37NO/c1-20-11-10-14-25(28(5)6)27(29,24(20)19-21-12-8-7-9-13-21)23-17-15-22(16-18-23)26(2,3)4/h7-9,12-13,15-20,25,29H,10-11,14H2,1-6H3. The van der Waals surface area contributed by atoms with Crippen LogP contribution in [0.4, 0.5) is 0 Å². The van der Waals surface area contributed by atoms with Gasteiger partial charge in [-0.05, 0) is 60.5 Å². The molecule has 1 saturated carbocycles. The molecule has 29 heavy (non-hydrogen) atoms. The van der Waals surface area contributed by atoms with Crippen molar-refractivity contribution in [1.82, 2.24) is 4.90 Å². The van der Waals surface area contributed by atoms with Crippen molar-refractivity contribution in [3.63, 3.8) is 0 Å². The van der Waals surface area contributed by atoms with Crippen molar-refractivity contribution in [2.45, 2.75) is 64.0 Å². The molecule has 0 saturated heterocycles. The van der Waals surface area contributed by atoms with E-state index >= 15 is 0 Å². The first-order chi connectivity index (χ1) is 13.6. The lowest BCUT2D eigenvalue weighted by Crippen LogP contribution is -2.49. The zero-order valence-corrected chi connectivity index (χ0v) is 18.9. The monoisotopic (exact) mass is 391 g/mol. The molecule has 0 aliphatic heterocycles. The zero-order chi connectivity index (χ0) is 21.2. The highest BCUT2D eigenvalue weighted by Gasteiger charge is 2.46. The molecule has 0 amide bonds. The van der Waals surface area contributed by atoms with Gasteiger partial charge >= 0.3 is 0 Å². The van der Waals surface area contributed by atoms with Gasteiger partial charge in [-0.2, -0.15) is 0 Å². The fourth-order valence-electron chi connectivity index (χ4n) is 4.75. The molecule has 1 N–H and O–H groups in total. The molecule has 0 bridgehead atoms. The van der Waals surface area contributed by atoms with Crippen molar-refractivity contribution in [3.05, 3.63) is 76.9 Å². The van der Waals surface area contributed by atoms with Gasteiger partial charge in [-0.15, -0.1) is 0 Å². The minimum Gasteiger partial charge on any atom is -0.379 e. The van der Waals surface area contributed by atoms with Gasteiger partial charge in [0, 0.05) is 6.04 Å². The second kappa shape index (κ2) is 8.45. The van der Waals surface area contributed by atoms with Crippen LogP contribution >= 0.6 is 0 Å². The molecule has 0 spiro atoms. The van der Waals surface area contributed by atoms with Crippen molar-refractivity contribution in [2.24, 2.45) is 5.92 Å². The van der Waals surface area contributed by atoms with Gasteiger partial charge in [0.25, 0.3) is 0 Å². The average Bonchev–Trinajstić information content (AvgIpc) is 2.80. The highest BCUT2D eigenvalue weighted by atomic mass is 16.3. The highest BCUT2D eigenvalue weighted by molar-refractivity contribution is 5.58. The van der Waals surface area contributed by atoms with Crippen LogP contribution in [-0.4, -0.2) is 30.1 Å². The van der Waals surface area contributed by atoms with E-state index in [2.05, 4.69) is 101 Å². The lowest BCUT2D eigenvalue weighted by molar-refractivity contribution is -0.0104. The molecule has 3 atom stereocenters. The van der Waals surface area contributed by atoms with Crippen LogP contribution in [0.1, 0.15) is 63.6 Å². The summed E-state index contributed by atoms with van der Waals surface area (Å²) in [6.45, 7) is 8.96. The first kappa shape index (κ1) is 21.8. The topological polar surface area (TPSA) is 23.5 Å². The van der Waals surface area contributed by atoms with E-state index in [0.29, 0.717) is 5.92 Å². The third kappa shape index (κ3) is 4.49. The van der Waals surface area contributed by atoms with Crippen molar-refractivity contribution >= 4 is 6.08 Å². The van der Waals surface area contributed by atoms with E-state index in [9.17, 15) is 5.11 Å². The summed E-state index contributed by atoms with van der Waals surface area (Å²) in [5.41, 5.74) is 3.66. The van der Waals surface area contributed by atoms with Crippen LogP contribution in [0, 0.1) is 5.92 Å². The number of rotatable bonds is 3. The molecular formula is C27H37NO. The molecule has 1 aliphatic rings. The van der Waals surface area contributed by atoms with Gasteiger partial charge in [0.05, 0.1) is 0 Å². The molecule has 2 nitrogen and oxygen atoms in total. The molecule has 3 unspecified atom stereocenters. The number of likely N-dealkylation sites (N-methyl/N-ethyl adjacent to an activating group) is 1. The molecule has 0 heterocycles. The Bertz CT molecular complexity index is 829. The second-order valence-corrected chi connectivity index (χ2v) is 9.92. The summed E-state index contributed by atoms with van der Waals surface area (Å²) in [6.07, 6.45) is 5.44. The Morgan fingerprint density at radius 1 is 0.966 bits per heavy atom. The molecule has 0 aromatic heterocycles. The Hall–Kier alpha value is -1.90. The Morgan fingerprint density at radius 3 is 2.14 bits per heavy atom. The van der Waals surface area contributed by atoms with E-state index in [4.69, 9.17) is 0 Å². The fraction of sp³-hybridized carbons (Fsp3) is 0.481. The van der Waals surface area contributed by atoms with Gasteiger partial charge in [0.1, 0.15) is 5.60 Å². The minimum absolute atomic E-state index is 0.0444. The summed E-state index contributed by atoms with van der Waals surface area (Å²) in [4.78, 5) is 2.20. The SMILES string of the molecule is CC1CCCC(N(C)C)C(O)(c2ccc(C(C)(C)C)cc2)C1=Cc1ccccc1. The molecule has 0 radical (unpaired) electrons. The molecule has 2 aromatic carbocycles. The first-order valence-electron chi connectivity index (χ1n) is 10.9. The van der Waals surface area contributed by atoms with Crippen LogP contribution in [0.15, 0.2) is 60.2 Å². The Kier molecular flexibility index (Phi) is 6.36. The van der Waals surface area contributed by atoms with E-state index in [0.717, 1.165) is 36.0 Å². The number of hydrogen-bond acceptors (Lipinski definition) is 2. The predicted octanol–water partition coefficient (Wildman–Crippen LogP) is 6.01. The zero-order valence-electron chi connectivity index (χ0n) is 18.9. The second-order valence-electron chi connectivity index (χ2n) is 9.92. The summed E-state index contributed by atoms with van der Waals surface area (Å²) in [5, 5.41) is 12.4. The van der Waals surface area contributed by atoms with Gasteiger partial charge < -0.3 is 10.0 Å². The van der Waals surface area contributed by atoms with Crippen LogP contribution in [0.2, 0.25) is 0 Å². The number of aliphatic hydroxyl groups is 1. The lowest BCUT2D eigenvalue weighted by Gasteiger charge is -2.42. The third-order valence-electron chi connectivity index (χ3n) is 6.50. The maximum atomic E-state index is 12.4. The van der Waals surface area contributed by atoms with Crippen molar-refractivity contribution in [1.29, 1.82) is 0 Å². The quantitative estimate of drug-likeness (QED) is 0.648. The van der Waals surface area contributed by atoms with Crippen LogP contribution in [0.25, 0.3) is 6.08 Å². The van der Waals surface area contributed by atoms with E-state index in [1.807, 2.05) is 6.07 Å². The predicted molar refractivity (Wildman–Crippen MR) is 124 cm³/mol. The maximum Gasteiger partial charge on any atom is 0.127 e. The smallest absolute Gasteiger partial charge is 0.127 e. The molecule has 2 aromatic rings. The van der Waals surface area contributed by atoms with Crippen LogP contribution in [0.5, 0.6) is 0 Å². The van der Waals surface area contributed by atoms with E-state index in [1.165, 1.54) is 5.56 Å². The highest BCUT2D eigenvalue weighted by Crippen LogP contribution is 2.45. The largest absolute Gasteiger partial charge is 0.379 e. The van der Waals surface area contributed by atoms with Gasteiger partial charge in [-0.3, -0.25) is 0 Å². The third-order valence-corrected chi connectivity index (χ3v) is 6.50. The normalized spacial score (nSPS) is 27.2. The van der Waals surface area contributed by atoms with Crippen LogP contribution in [-0.2, 0) is 11.0 Å². The van der Waals surface area contributed by atoms with Gasteiger partial charge in [0.2, 0.25) is 0 Å². The molecular weight excluding hydrogens is 354 g/mol. The minimum atomic E-state index is -1.01. The van der Waals surface area contributed by atoms with Gasteiger partial charge in [-0.25, -0.2) is 0 Å². The van der Waals surface area contributed by atoms with Crippen molar-refractivity contribution in [3.8, 4) is 0 Å². The Balaban J connectivity index is 2.19. The fourth-order valence-corrected chi connectivity index (χ4v) is 4.75. The van der Waals surface area contributed by atoms with Crippen LogP contribution < -0.4 is 0 Å². The van der Waals surface area contributed by atoms with Crippen LogP contribution in [0.3, 0.4) is 0 Å². The summed E-state index contributed by atoms with van der Waals surface area (Å²) in [6, 6.07) is 19.1. The van der Waals surface area contributed by atoms with Crippen molar-refractivity contribution < 1.29 is 5.11 Å². The average molecular weight is 392 g/mol. The van der Waals surface area contributed by atoms with Gasteiger partial charge in [0.15, 0.2) is 0 Å². The summed E-state index contributed by atoms with van der Waals surface area (Å²) in [7, 11) is 4.19. The summed E-state index contributed by atoms with van der Waals surface area (Å²) >= 11 is 0. The Labute approximate surface area is 177 Å². The number of hydrogen-bond donors (Lipinski definition) is 1. The molecule has 1 aliphatic carbocycles.